The number of hydrogen-bond acceptors (Lipinski definition) is 1. The minimum Gasteiger partial charge on any atom is -0.320 e. The van der Waals surface area contributed by atoms with Crippen LogP contribution < -0.4 is 5.73 Å². The van der Waals surface area contributed by atoms with E-state index in [9.17, 15) is 4.39 Å². The maximum atomic E-state index is 13.6. The minimum atomic E-state index is -0.538. The fraction of sp³-hybridized carbons (Fsp3) is 0.143. The molecule has 0 spiro atoms. The summed E-state index contributed by atoms with van der Waals surface area (Å²) < 4.78 is 13.6. The second kappa shape index (κ2) is 4.86. The lowest BCUT2D eigenvalue weighted by Gasteiger charge is -2.16. The van der Waals surface area contributed by atoms with Crippen LogP contribution in [0.15, 0.2) is 42.5 Å². The molecule has 1 unspecified atom stereocenters. The molecule has 0 aliphatic carbocycles. The molecule has 0 radical (unpaired) electrons. The number of benzene rings is 2. The Morgan fingerprint density at radius 2 is 1.71 bits per heavy atom. The van der Waals surface area contributed by atoms with Gasteiger partial charge in [0.1, 0.15) is 5.82 Å². The molecule has 3 heteroatoms. The van der Waals surface area contributed by atoms with Crippen molar-refractivity contribution in [3.63, 3.8) is 0 Å². The van der Waals surface area contributed by atoms with Crippen LogP contribution in [0.3, 0.4) is 0 Å². The van der Waals surface area contributed by atoms with E-state index in [-0.39, 0.29) is 5.82 Å². The molecule has 2 aromatic rings. The predicted octanol–water partition coefficient (Wildman–Crippen LogP) is 3.84. The minimum absolute atomic E-state index is 0.308. The predicted molar refractivity (Wildman–Crippen MR) is 68.6 cm³/mol. The molecule has 1 nitrogen and oxygen atoms in total. The van der Waals surface area contributed by atoms with Gasteiger partial charge in [0.05, 0.1) is 6.04 Å². The van der Waals surface area contributed by atoms with E-state index in [1.54, 1.807) is 18.2 Å². The van der Waals surface area contributed by atoms with Gasteiger partial charge in [-0.2, -0.15) is 0 Å². The third-order valence-electron chi connectivity index (χ3n) is 2.80. The summed E-state index contributed by atoms with van der Waals surface area (Å²) in [6.45, 7) is 1.90. The van der Waals surface area contributed by atoms with Gasteiger partial charge in [-0.15, -0.1) is 0 Å². The third-order valence-corrected chi connectivity index (χ3v) is 3.31. The molecule has 2 N–H and O–H groups in total. The Bertz CT molecular complexity index is 539. The van der Waals surface area contributed by atoms with E-state index in [0.29, 0.717) is 10.6 Å². The van der Waals surface area contributed by atoms with Crippen LogP contribution in [0.25, 0.3) is 0 Å². The number of nitrogens with two attached hydrogens (primary N) is 1. The highest BCUT2D eigenvalue weighted by molar-refractivity contribution is 6.32. The summed E-state index contributed by atoms with van der Waals surface area (Å²) in [5, 5.41) is 0.600. The summed E-state index contributed by atoms with van der Waals surface area (Å²) in [6.07, 6.45) is 0. The smallest absolute Gasteiger partial charge is 0.128 e. The Morgan fingerprint density at radius 1 is 1.06 bits per heavy atom. The zero-order chi connectivity index (χ0) is 12.4. The first-order valence-corrected chi connectivity index (χ1v) is 5.74. The number of hydrogen-bond donors (Lipinski definition) is 1. The van der Waals surface area contributed by atoms with E-state index in [1.165, 1.54) is 6.07 Å². The van der Waals surface area contributed by atoms with Crippen molar-refractivity contribution in [2.75, 3.05) is 0 Å². The molecule has 0 fully saturated rings. The van der Waals surface area contributed by atoms with E-state index in [4.69, 9.17) is 17.3 Å². The van der Waals surface area contributed by atoms with E-state index in [1.807, 2.05) is 25.1 Å². The SMILES string of the molecule is Cc1cccc(C(N)c2ccccc2F)c1Cl. The van der Waals surface area contributed by atoms with Crippen LogP contribution in [0, 0.1) is 12.7 Å². The first-order valence-electron chi connectivity index (χ1n) is 5.36. The molecule has 0 bridgehead atoms. The summed E-state index contributed by atoms with van der Waals surface area (Å²) in [4.78, 5) is 0. The second-order valence-corrected chi connectivity index (χ2v) is 4.36. The molecule has 0 heterocycles. The molecule has 0 amide bonds. The lowest BCUT2D eigenvalue weighted by molar-refractivity contribution is 0.599. The van der Waals surface area contributed by atoms with Gasteiger partial charge in [0.2, 0.25) is 0 Å². The standard InChI is InChI=1S/C14H13ClFN/c1-9-5-4-7-11(13(9)15)14(17)10-6-2-3-8-12(10)16/h2-8,14H,17H2,1H3. The van der Waals surface area contributed by atoms with Crippen molar-refractivity contribution in [2.24, 2.45) is 5.73 Å². The summed E-state index contributed by atoms with van der Waals surface area (Å²) in [5.41, 5.74) is 8.21. The molecule has 0 aliphatic heterocycles. The zero-order valence-electron chi connectivity index (χ0n) is 9.45. The molecule has 2 aromatic carbocycles. The average Bonchev–Trinajstić information content (AvgIpc) is 2.32. The van der Waals surface area contributed by atoms with E-state index >= 15 is 0 Å². The molecule has 1 atom stereocenters. The Kier molecular flexibility index (Phi) is 3.46. The van der Waals surface area contributed by atoms with Crippen molar-refractivity contribution >= 4 is 11.6 Å². The van der Waals surface area contributed by atoms with Crippen LogP contribution >= 0.6 is 11.6 Å². The van der Waals surface area contributed by atoms with Crippen molar-refractivity contribution in [1.29, 1.82) is 0 Å². The monoisotopic (exact) mass is 249 g/mol. The second-order valence-electron chi connectivity index (χ2n) is 3.98. The lowest BCUT2D eigenvalue weighted by atomic mass is 9.98. The fourth-order valence-corrected chi connectivity index (χ4v) is 2.05. The molecule has 88 valence electrons. The van der Waals surface area contributed by atoms with Gasteiger partial charge in [-0.05, 0) is 24.1 Å². The quantitative estimate of drug-likeness (QED) is 0.860. The van der Waals surface area contributed by atoms with Crippen molar-refractivity contribution in [1.82, 2.24) is 0 Å². The van der Waals surface area contributed by atoms with Crippen LogP contribution in [0.5, 0.6) is 0 Å². The van der Waals surface area contributed by atoms with Gasteiger partial charge in [-0.1, -0.05) is 48.0 Å². The molecule has 0 saturated heterocycles. The number of rotatable bonds is 2. The summed E-state index contributed by atoms with van der Waals surface area (Å²) in [6, 6.07) is 11.6. The topological polar surface area (TPSA) is 26.0 Å². The highest BCUT2D eigenvalue weighted by atomic mass is 35.5. The van der Waals surface area contributed by atoms with Gasteiger partial charge >= 0.3 is 0 Å². The van der Waals surface area contributed by atoms with Gasteiger partial charge in [0.15, 0.2) is 0 Å². The van der Waals surface area contributed by atoms with Gasteiger partial charge in [-0.25, -0.2) is 4.39 Å². The molecule has 0 aliphatic rings. The average molecular weight is 250 g/mol. The number of aryl methyl sites for hydroxylation is 1. The van der Waals surface area contributed by atoms with Crippen molar-refractivity contribution in [3.05, 3.63) is 70.0 Å². The lowest BCUT2D eigenvalue weighted by Crippen LogP contribution is -2.14. The van der Waals surface area contributed by atoms with Gasteiger partial charge in [-0.3, -0.25) is 0 Å². The molecule has 0 saturated carbocycles. The van der Waals surface area contributed by atoms with Gasteiger partial charge < -0.3 is 5.73 Å². The Hall–Kier alpha value is -1.38. The maximum Gasteiger partial charge on any atom is 0.128 e. The van der Waals surface area contributed by atoms with Crippen LogP contribution in [0.1, 0.15) is 22.7 Å². The molecule has 17 heavy (non-hydrogen) atoms. The fourth-order valence-electron chi connectivity index (χ4n) is 1.81. The van der Waals surface area contributed by atoms with Crippen molar-refractivity contribution in [2.45, 2.75) is 13.0 Å². The van der Waals surface area contributed by atoms with Crippen LogP contribution in [0.2, 0.25) is 5.02 Å². The zero-order valence-corrected chi connectivity index (χ0v) is 10.2. The third kappa shape index (κ3) is 2.33. The summed E-state index contributed by atoms with van der Waals surface area (Å²) in [7, 11) is 0. The van der Waals surface area contributed by atoms with Gasteiger partial charge in [0.25, 0.3) is 0 Å². The first-order chi connectivity index (χ1) is 8.11. The van der Waals surface area contributed by atoms with Crippen molar-refractivity contribution < 1.29 is 4.39 Å². The largest absolute Gasteiger partial charge is 0.320 e. The molecular weight excluding hydrogens is 237 g/mol. The van der Waals surface area contributed by atoms with E-state index in [0.717, 1.165) is 11.1 Å². The maximum absolute atomic E-state index is 13.6. The Morgan fingerprint density at radius 3 is 2.41 bits per heavy atom. The Balaban J connectivity index is 2.48. The summed E-state index contributed by atoms with van der Waals surface area (Å²) >= 11 is 6.19. The molecular formula is C14H13ClFN. The first kappa shape index (κ1) is 12.1. The highest BCUT2D eigenvalue weighted by Gasteiger charge is 2.16. The van der Waals surface area contributed by atoms with E-state index < -0.39 is 6.04 Å². The van der Waals surface area contributed by atoms with Crippen LogP contribution in [0.4, 0.5) is 4.39 Å². The summed E-state index contributed by atoms with van der Waals surface area (Å²) in [5.74, 6) is -0.308. The normalized spacial score (nSPS) is 12.5. The van der Waals surface area contributed by atoms with Crippen molar-refractivity contribution in [3.8, 4) is 0 Å². The molecule has 2 rings (SSSR count). The number of halogens is 2. The highest BCUT2D eigenvalue weighted by Crippen LogP contribution is 2.29. The van der Waals surface area contributed by atoms with Crippen LogP contribution in [-0.2, 0) is 0 Å². The Labute approximate surface area is 105 Å². The van der Waals surface area contributed by atoms with Crippen LogP contribution in [-0.4, -0.2) is 0 Å². The van der Waals surface area contributed by atoms with Gasteiger partial charge in [0, 0.05) is 10.6 Å². The van der Waals surface area contributed by atoms with E-state index in [2.05, 4.69) is 0 Å². The molecule has 0 aromatic heterocycles.